The van der Waals surface area contributed by atoms with Crippen molar-refractivity contribution in [2.45, 2.75) is 20.1 Å². The quantitative estimate of drug-likeness (QED) is 0.784. The van der Waals surface area contributed by atoms with E-state index in [1.807, 2.05) is 35.9 Å². The second kappa shape index (κ2) is 5.57. The van der Waals surface area contributed by atoms with Crippen LogP contribution in [0.5, 0.6) is 5.75 Å². The molecule has 0 bridgehead atoms. The molecular weight excluding hydrogens is 288 g/mol. The number of ether oxygens (including phenoxy) is 1. The lowest BCUT2D eigenvalue weighted by Crippen LogP contribution is -2.02. The molecule has 0 saturated heterocycles. The first-order valence-electron chi connectivity index (χ1n) is 6.58. The van der Waals surface area contributed by atoms with Gasteiger partial charge in [-0.2, -0.15) is 5.10 Å². The van der Waals surface area contributed by atoms with Crippen molar-refractivity contribution in [3.8, 4) is 5.75 Å². The van der Waals surface area contributed by atoms with Crippen LogP contribution in [-0.2, 0) is 13.2 Å². The number of benzene rings is 1. The number of aromatic carboxylic acids is 1. The van der Waals surface area contributed by atoms with Crippen LogP contribution < -0.4 is 4.74 Å². The van der Waals surface area contributed by atoms with Gasteiger partial charge in [0.1, 0.15) is 18.1 Å². The summed E-state index contributed by atoms with van der Waals surface area (Å²) in [7, 11) is 0. The van der Waals surface area contributed by atoms with Crippen LogP contribution >= 0.6 is 11.3 Å². The molecule has 0 aliphatic carbocycles. The number of hydrogen-bond donors (Lipinski definition) is 1. The first-order valence-corrected chi connectivity index (χ1v) is 7.46. The molecule has 21 heavy (non-hydrogen) atoms. The van der Waals surface area contributed by atoms with Crippen molar-refractivity contribution in [2.75, 3.05) is 0 Å². The number of aryl methyl sites for hydroxylation is 1. The van der Waals surface area contributed by atoms with Crippen LogP contribution in [0.15, 0.2) is 35.7 Å². The molecule has 3 rings (SSSR count). The second-order valence-electron chi connectivity index (χ2n) is 4.49. The Balaban J connectivity index is 1.88. The number of carbonyl (C=O) groups is 1. The minimum atomic E-state index is -0.969. The van der Waals surface area contributed by atoms with E-state index in [9.17, 15) is 4.79 Å². The summed E-state index contributed by atoms with van der Waals surface area (Å²) in [5, 5.41) is 16.3. The molecule has 1 aromatic carbocycles. The number of carboxylic acid groups (broad SMARTS) is 1. The largest absolute Gasteiger partial charge is 0.485 e. The van der Waals surface area contributed by atoms with Crippen molar-refractivity contribution in [1.29, 1.82) is 0 Å². The van der Waals surface area contributed by atoms with Gasteiger partial charge in [-0.3, -0.25) is 4.68 Å². The molecule has 1 N–H and O–H groups in total. The fourth-order valence-corrected chi connectivity index (χ4v) is 2.93. The van der Waals surface area contributed by atoms with Gasteiger partial charge in [-0.25, -0.2) is 4.79 Å². The van der Waals surface area contributed by atoms with Crippen molar-refractivity contribution < 1.29 is 14.6 Å². The monoisotopic (exact) mass is 302 g/mol. The van der Waals surface area contributed by atoms with Gasteiger partial charge >= 0.3 is 5.97 Å². The minimum Gasteiger partial charge on any atom is -0.485 e. The highest BCUT2D eigenvalue weighted by Crippen LogP contribution is 2.26. The first kappa shape index (κ1) is 13.6. The molecule has 0 aliphatic heterocycles. The fourth-order valence-electron chi connectivity index (χ4n) is 2.26. The molecule has 0 radical (unpaired) electrons. The number of para-hydroxylation sites is 1. The maximum atomic E-state index is 11.1. The average Bonchev–Trinajstić information content (AvgIpc) is 3.09. The van der Waals surface area contributed by atoms with Gasteiger partial charge in [0.05, 0.1) is 5.52 Å². The van der Waals surface area contributed by atoms with Gasteiger partial charge in [0.25, 0.3) is 0 Å². The van der Waals surface area contributed by atoms with Crippen molar-refractivity contribution in [3.63, 3.8) is 0 Å². The molecule has 2 aromatic heterocycles. The second-order valence-corrected chi connectivity index (χ2v) is 5.40. The van der Waals surface area contributed by atoms with E-state index in [0.29, 0.717) is 5.75 Å². The molecule has 0 saturated carbocycles. The Morgan fingerprint density at radius 1 is 1.38 bits per heavy atom. The molecule has 5 nitrogen and oxygen atoms in total. The summed E-state index contributed by atoms with van der Waals surface area (Å²) in [6, 6.07) is 9.62. The minimum absolute atomic E-state index is 0.217. The van der Waals surface area contributed by atoms with Crippen molar-refractivity contribution >= 4 is 28.2 Å². The highest BCUT2D eigenvalue weighted by Gasteiger charge is 2.15. The van der Waals surface area contributed by atoms with Crippen molar-refractivity contribution in [2.24, 2.45) is 0 Å². The van der Waals surface area contributed by atoms with Crippen LogP contribution in [0.1, 0.15) is 22.3 Å². The van der Waals surface area contributed by atoms with Gasteiger partial charge < -0.3 is 9.84 Å². The first-order chi connectivity index (χ1) is 10.2. The lowest BCUT2D eigenvalue weighted by molar-refractivity contribution is 0.0697. The Kier molecular flexibility index (Phi) is 3.62. The van der Waals surface area contributed by atoms with Gasteiger partial charge in [0, 0.05) is 11.9 Å². The number of nitrogens with zero attached hydrogens (tertiary/aromatic N) is 2. The zero-order chi connectivity index (χ0) is 14.8. The van der Waals surface area contributed by atoms with E-state index in [1.165, 1.54) is 0 Å². The van der Waals surface area contributed by atoms with Gasteiger partial charge in [0.2, 0.25) is 0 Å². The van der Waals surface area contributed by atoms with Crippen LogP contribution in [0.25, 0.3) is 10.9 Å². The zero-order valence-corrected chi connectivity index (χ0v) is 12.3. The van der Waals surface area contributed by atoms with Gasteiger partial charge in [-0.1, -0.05) is 18.2 Å². The van der Waals surface area contributed by atoms with Gasteiger partial charge in [0.15, 0.2) is 4.88 Å². The van der Waals surface area contributed by atoms with E-state index < -0.39 is 5.97 Å². The van der Waals surface area contributed by atoms with Crippen LogP contribution in [-0.4, -0.2) is 20.9 Å². The van der Waals surface area contributed by atoms with Crippen LogP contribution in [0.4, 0.5) is 0 Å². The highest BCUT2D eigenvalue weighted by atomic mass is 32.1. The summed E-state index contributed by atoms with van der Waals surface area (Å²) in [6.45, 7) is 3.06. The summed E-state index contributed by atoms with van der Waals surface area (Å²) < 4.78 is 7.56. The van der Waals surface area contributed by atoms with E-state index in [-0.39, 0.29) is 11.5 Å². The molecule has 0 aliphatic rings. The normalized spacial score (nSPS) is 10.9. The number of thiophene rings is 1. The number of carboxylic acids is 1. The third kappa shape index (κ3) is 2.50. The Labute approximate surface area is 125 Å². The third-order valence-electron chi connectivity index (χ3n) is 3.22. The third-order valence-corrected chi connectivity index (χ3v) is 4.11. The molecule has 0 amide bonds. The summed E-state index contributed by atoms with van der Waals surface area (Å²) >= 11 is 1.16. The van der Waals surface area contributed by atoms with E-state index in [0.717, 1.165) is 34.5 Å². The number of rotatable bonds is 5. The SMILES string of the molecule is CCn1nc(COc2ccsc2C(=O)O)c2ccccc21. The average molecular weight is 302 g/mol. The molecule has 6 heteroatoms. The van der Waals surface area contributed by atoms with Gasteiger partial charge in [-0.15, -0.1) is 11.3 Å². The van der Waals surface area contributed by atoms with Crippen LogP contribution in [0.2, 0.25) is 0 Å². The topological polar surface area (TPSA) is 64.4 Å². The Bertz CT molecular complexity index is 791. The lowest BCUT2D eigenvalue weighted by atomic mass is 10.2. The number of fused-ring (bicyclic) bond motifs is 1. The predicted octanol–water partition coefficient (Wildman–Crippen LogP) is 3.39. The molecule has 108 valence electrons. The fraction of sp³-hybridized carbons (Fsp3) is 0.200. The Morgan fingerprint density at radius 3 is 2.95 bits per heavy atom. The lowest BCUT2D eigenvalue weighted by Gasteiger charge is -2.03. The van der Waals surface area contributed by atoms with E-state index in [4.69, 9.17) is 9.84 Å². The standard InChI is InChI=1S/C15H14N2O3S/c1-2-17-12-6-4-3-5-10(12)11(16-17)9-20-13-7-8-21-14(13)15(18)19/h3-8H,2,9H2,1H3,(H,18,19). The molecular formula is C15H14N2O3S. The summed E-state index contributed by atoms with van der Waals surface area (Å²) in [5.41, 5.74) is 1.87. The molecule has 0 fully saturated rings. The maximum absolute atomic E-state index is 11.1. The highest BCUT2D eigenvalue weighted by molar-refractivity contribution is 7.12. The Morgan fingerprint density at radius 2 is 2.19 bits per heavy atom. The van der Waals surface area contributed by atoms with Crippen molar-refractivity contribution in [1.82, 2.24) is 9.78 Å². The predicted molar refractivity (Wildman–Crippen MR) is 81.0 cm³/mol. The van der Waals surface area contributed by atoms with Gasteiger partial charge in [-0.05, 0) is 24.4 Å². The zero-order valence-electron chi connectivity index (χ0n) is 11.4. The molecule has 0 unspecified atom stereocenters. The number of hydrogen-bond acceptors (Lipinski definition) is 4. The van der Waals surface area contributed by atoms with E-state index in [1.54, 1.807) is 11.4 Å². The van der Waals surface area contributed by atoms with E-state index in [2.05, 4.69) is 5.10 Å². The Hall–Kier alpha value is -2.34. The summed E-state index contributed by atoms with van der Waals surface area (Å²) in [5.74, 6) is -0.577. The van der Waals surface area contributed by atoms with Crippen molar-refractivity contribution in [3.05, 3.63) is 46.3 Å². The van der Waals surface area contributed by atoms with Crippen LogP contribution in [0, 0.1) is 0 Å². The molecule has 2 heterocycles. The smallest absolute Gasteiger partial charge is 0.349 e. The molecule has 3 aromatic rings. The van der Waals surface area contributed by atoms with Crippen LogP contribution in [0.3, 0.4) is 0 Å². The number of aromatic nitrogens is 2. The maximum Gasteiger partial charge on any atom is 0.349 e. The summed E-state index contributed by atoms with van der Waals surface area (Å²) in [4.78, 5) is 11.3. The molecule has 0 atom stereocenters. The van der Waals surface area contributed by atoms with E-state index >= 15 is 0 Å². The molecule has 0 spiro atoms. The summed E-state index contributed by atoms with van der Waals surface area (Å²) in [6.07, 6.45) is 0.